The van der Waals surface area contributed by atoms with Crippen LogP contribution in [-0.2, 0) is 16.1 Å². The first kappa shape index (κ1) is 13.1. The molecule has 1 fully saturated rings. The van der Waals surface area contributed by atoms with Gasteiger partial charge in [-0.3, -0.25) is 4.79 Å². The van der Waals surface area contributed by atoms with Gasteiger partial charge in [0, 0.05) is 13.1 Å². The molecule has 4 nitrogen and oxygen atoms in total. The standard InChI is InChI=1S/C14H20N2O2/c1-11-3-5-12(6-4-11)7-16-10-14(2,9-15)18-8-13(16)17/h3-6H,7-10,15H2,1-2H3. The van der Waals surface area contributed by atoms with E-state index in [1.54, 1.807) is 0 Å². The summed E-state index contributed by atoms with van der Waals surface area (Å²) in [5.74, 6) is 0.0292. The molecule has 0 bridgehead atoms. The molecule has 4 heteroatoms. The van der Waals surface area contributed by atoms with Crippen molar-refractivity contribution in [3.8, 4) is 0 Å². The van der Waals surface area contributed by atoms with Crippen LogP contribution >= 0.6 is 0 Å². The first-order valence-electron chi connectivity index (χ1n) is 6.20. The zero-order chi connectivity index (χ0) is 13.2. The molecule has 2 rings (SSSR count). The lowest BCUT2D eigenvalue weighted by molar-refractivity contribution is -0.160. The fraction of sp³-hybridized carbons (Fsp3) is 0.500. The second-order valence-corrected chi connectivity index (χ2v) is 5.18. The van der Waals surface area contributed by atoms with Gasteiger partial charge in [-0.2, -0.15) is 0 Å². The Bertz CT molecular complexity index is 430. The number of rotatable bonds is 3. The van der Waals surface area contributed by atoms with Crippen LogP contribution in [-0.4, -0.2) is 36.1 Å². The van der Waals surface area contributed by atoms with E-state index >= 15 is 0 Å². The Kier molecular flexibility index (Phi) is 3.68. The van der Waals surface area contributed by atoms with Crippen LogP contribution in [0.1, 0.15) is 18.1 Å². The second-order valence-electron chi connectivity index (χ2n) is 5.18. The number of benzene rings is 1. The number of hydrogen-bond donors (Lipinski definition) is 1. The first-order chi connectivity index (χ1) is 8.52. The summed E-state index contributed by atoms with van der Waals surface area (Å²) in [4.78, 5) is 13.6. The van der Waals surface area contributed by atoms with E-state index in [1.807, 2.05) is 11.8 Å². The predicted octanol–water partition coefficient (Wildman–Crippen LogP) is 1.07. The van der Waals surface area contributed by atoms with Crippen molar-refractivity contribution in [1.82, 2.24) is 4.90 Å². The molecule has 1 amide bonds. The summed E-state index contributed by atoms with van der Waals surface area (Å²) in [7, 11) is 0. The molecule has 2 N–H and O–H groups in total. The van der Waals surface area contributed by atoms with Gasteiger partial charge >= 0.3 is 0 Å². The molecule has 0 saturated carbocycles. The largest absolute Gasteiger partial charge is 0.362 e. The van der Waals surface area contributed by atoms with Gasteiger partial charge in [-0.1, -0.05) is 29.8 Å². The van der Waals surface area contributed by atoms with Gasteiger partial charge in [-0.15, -0.1) is 0 Å². The lowest BCUT2D eigenvalue weighted by Crippen LogP contribution is -2.56. The Morgan fingerprint density at radius 1 is 1.39 bits per heavy atom. The van der Waals surface area contributed by atoms with Crippen molar-refractivity contribution in [2.45, 2.75) is 26.0 Å². The van der Waals surface area contributed by atoms with Gasteiger partial charge in [-0.25, -0.2) is 0 Å². The van der Waals surface area contributed by atoms with Gasteiger partial charge in [-0.05, 0) is 19.4 Å². The number of aryl methyl sites for hydroxylation is 1. The predicted molar refractivity (Wildman–Crippen MR) is 70.0 cm³/mol. The molecular weight excluding hydrogens is 228 g/mol. The van der Waals surface area contributed by atoms with Crippen LogP contribution in [0, 0.1) is 6.92 Å². The minimum absolute atomic E-state index is 0.0292. The Labute approximate surface area is 108 Å². The van der Waals surface area contributed by atoms with Crippen molar-refractivity contribution in [3.63, 3.8) is 0 Å². The van der Waals surface area contributed by atoms with E-state index in [9.17, 15) is 4.79 Å². The molecule has 18 heavy (non-hydrogen) atoms. The molecule has 1 unspecified atom stereocenters. The average Bonchev–Trinajstić information content (AvgIpc) is 2.37. The molecule has 1 heterocycles. The molecule has 1 atom stereocenters. The van der Waals surface area contributed by atoms with Gasteiger partial charge in [0.05, 0.1) is 12.1 Å². The first-order valence-corrected chi connectivity index (χ1v) is 6.20. The minimum Gasteiger partial charge on any atom is -0.362 e. The van der Waals surface area contributed by atoms with Crippen LogP contribution in [0.5, 0.6) is 0 Å². The van der Waals surface area contributed by atoms with Gasteiger partial charge < -0.3 is 15.4 Å². The van der Waals surface area contributed by atoms with Crippen molar-refractivity contribution in [2.24, 2.45) is 5.73 Å². The number of nitrogens with two attached hydrogens (primary N) is 1. The topological polar surface area (TPSA) is 55.6 Å². The van der Waals surface area contributed by atoms with Crippen molar-refractivity contribution >= 4 is 5.91 Å². The monoisotopic (exact) mass is 248 g/mol. The third kappa shape index (κ3) is 2.89. The highest BCUT2D eigenvalue weighted by Crippen LogP contribution is 2.19. The quantitative estimate of drug-likeness (QED) is 0.870. The van der Waals surface area contributed by atoms with Gasteiger partial charge in [0.1, 0.15) is 6.61 Å². The number of nitrogens with zero attached hydrogens (tertiary/aromatic N) is 1. The lowest BCUT2D eigenvalue weighted by Gasteiger charge is -2.39. The van der Waals surface area contributed by atoms with E-state index in [-0.39, 0.29) is 12.5 Å². The second kappa shape index (κ2) is 5.08. The van der Waals surface area contributed by atoms with Gasteiger partial charge in [0.2, 0.25) is 5.91 Å². The highest BCUT2D eigenvalue weighted by Gasteiger charge is 2.34. The Balaban J connectivity index is 2.07. The average molecular weight is 248 g/mol. The van der Waals surface area contributed by atoms with E-state index in [0.29, 0.717) is 19.6 Å². The molecule has 1 saturated heterocycles. The van der Waals surface area contributed by atoms with Crippen molar-refractivity contribution in [1.29, 1.82) is 0 Å². The smallest absolute Gasteiger partial charge is 0.249 e. The fourth-order valence-corrected chi connectivity index (χ4v) is 2.05. The van der Waals surface area contributed by atoms with E-state index < -0.39 is 5.60 Å². The van der Waals surface area contributed by atoms with E-state index in [1.165, 1.54) is 5.56 Å². The van der Waals surface area contributed by atoms with Gasteiger partial charge in [0.25, 0.3) is 0 Å². The Hall–Kier alpha value is -1.39. The molecule has 0 aliphatic carbocycles. The summed E-state index contributed by atoms with van der Waals surface area (Å²) in [5.41, 5.74) is 7.63. The maximum Gasteiger partial charge on any atom is 0.249 e. The van der Waals surface area contributed by atoms with Crippen LogP contribution in [0.4, 0.5) is 0 Å². The summed E-state index contributed by atoms with van der Waals surface area (Å²) in [5, 5.41) is 0. The number of amides is 1. The van der Waals surface area contributed by atoms with Crippen molar-refractivity contribution < 1.29 is 9.53 Å². The van der Waals surface area contributed by atoms with Crippen LogP contribution in [0.25, 0.3) is 0 Å². The molecule has 0 radical (unpaired) electrons. The Morgan fingerprint density at radius 2 is 2.06 bits per heavy atom. The Morgan fingerprint density at radius 3 is 2.67 bits per heavy atom. The normalized spacial score (nSPS) is 24.4. The molecule has 0 spiro atoms. The van der Waals surface area contributed by atoms with Crippen LogP contribution in [0.2, 0.25) is 0 Å². The molecule has 0 aromatic heterocycles. The van der Waals surface area contributed by atoms with Crippen LogP contribution in [0.15, 0.2) is 24.3 Å². The summed E-state index contributed by atoms with van der Waals surface area (Å²) >= 11 is 0. The fourth-order valence-electron chi connectivity index (χ4n) is 2.05. The highest BCUT2D eigenvalue weighted by molar-refractivity contribution is 5.78. The molecule has 1 aromatic rings. The third-order valence-electron chi connectivity index (χ3n) is 3.35. The number of morpholine rings is 1. The maximum atomic E-state index is 11.8. The third-order valence-corrected chi connectivity index (χ3v) is 3.35. The molecular formula is C14H20N2O2. The summed E-state index contributed by atoms with van der Waals surface area (Å²) in [6.07, 6.45) is 0. The van der Waals surface area contributed by atoms with Crippen molar-refractivity contribution in [2.75, 3.05) is 19.7 Å². The lowest BCUT2D eigenvalue weighted by atomic mass is 10.0. The summed E-state index contributed by atoms with van der Waals surface area (Å²) in [6.45, 7) is 5.72. The highest BCUT2D eigenvalue weighted by atomic mass is 16.5. The van der Waals surface area contributed by atoms with Crippen molar-refractivity contribution in [3.05, 3.63) is 35.4 Å². The SMILES string of the molecule is Cc1ccc(CN2CC(C)(CN)OCC2=O)cc1. The van der Waals surface area contributed by atoms with E-state index in [2.05, 4.69) is 31.2 Å². The molecule has 1 aromatic carbocycles. The summed E-state index contributed by atoms with van der Waals surface area (Å²) < 4.78 is 5.50. The maximum absolute atomic E-state index is 11.8. The number of carbonyl (C=O) groups excluding carboxylic acids is 1. The number of ether oxygens (including phenoxy) is 1. The van der Waals surface area contributed by atoms with Gasteiger partial charge in [0.15, 0.2) is 0 Å². The molecule has 1 aliphatic rings. The number of hydrogen-bond acceptors (Lipinski definition) is 3. The number of carbonyl (C=O) groups is 1. The minimum atomic E-state index is -0.418. The molecule has 98 valence electrons. The summed E-state index contributed by atoms with van der Waals surface area (Å²) in [6, 6.07) is 8.22. The molecule has 1 aliphatic heterocycles. The van der Waals surface area contributed by atoms with Crippen LogP contribution < -0.4 is 5.73 Å². The van der Waals surface area contributed by atoms with E-state index in [0.717, 1.165) is 5.56 Å². The van der Waals surface area contributed by atoms with E-state index in [4.69, 9.17) is 10.5 Å². The zero-order valence-corrected chi connectivity index (χ0v) is 11.0. The van der Waals surface area contributed by atoms with Crippen LogP contribution in [0.3, 0.4) is 0 Å². The zero-order valence-electron chi connectivity index (χ0n) is 11.0.